The third-order valence-electron chi connectivity index (χ3n) is 4.54. The molecule has 0 spiro atoms. The number of carbonyl (C=O) groups excluding carboxylic acids is 1. The Morgan fingerprint density at radius 3 is 2.64 bits per heavy atom. The van der Waals surface area contributed by atoms with Crippen molar-refractivity contribution in [2.75, 3.05) is 14.2 Å². The van der Waals surface area contributed by atoms with Gasteiger partial charge >= 0.3 is 5.97 Å². The van der Waals surface area contributed by atoms with Crippen LogP contribution in [-0.2, 0) is 9.59 Å². The lowest BCUT2D eigenvalue weighted by molar-refractivity contribution is -0.137. The van der Waals surface area contributed by atoms with Crippen LogP contribution in [0.5, 0.6) is 11.5 Å². The maximum Gasteiger partial charge on any atom is 0.303 e. The van der Waals surface area contributed by atoms with Crippen molar-refractivity contribution in [3.05, 3.63) is 46.2 Å². The highest BCUT2D eigenvalue weighted by Gasteiger charge is 2.33. The first kappa shape index (κ1) is 19.9. The van der Waals surface area contributed by atoms with Crippen molar-refractivity contribution < 1.29 is 24.2 Å². The average Bonchev–Trinajstić information content (AvgIpc) is 3.36. The van der Waals surface area contributed by atoms with Crippen molar-refractivity contribution >= 4 is 28.9 Å². The average molecular weight is 402 g/mol. The number of methoxy groups -OCH3 is 2. The van der Waals surface area contributed by atoms with E-state index in [1.807, 2.05) is 35.7 Å². The Labute approximate surface area is 167 Å². The summed E-state index contributed by atoms with van der Waals surface area (Å²) in [6.45, 7) is 0. The molecule has 3 rings (SSSR count). The number of hydrogen-bond donors (Lipinski definition) is 1. The highest BCUT2D eigenvalue weighted by Crippen LogP contribution is 2.37. The number of hydrazone groups is 1. The van der Waals surface area contributed by atoms with Gasteiger partial charge in [0.25, 0.3) is 0 Å². The molecular formula is C20H22N2O5S. The number of rotatable bonds is 8. The second kappa shape index (κ2) is 8.88. The van der Waals surface area contributed by atoms with Crippen LogP contribution in [-0.4, -0.2) is 41.9 Å². The predicted octanol–water partition coefficient (Wildman–Crippen LogP) is 3.70. The van der Waals surface area contributed by atoms with Gasteiger partial charge in [-0.3, -0.25) is 9.59 Å². The standard InChI is InChI=1S/C20H22N2O5S/c1-26-16-9-8-13(11-17(16)27-2)14-12-15(18-5-4-10-28-18)22(21-14)19(23)6-3-7-20(24)25/h4-5,8-11,15H,3,6-7,12H2,1-2H3,(H,24,25)/t15-/m0/s1. The lowest BCUT2D eigenvalue weighted by atomic mass is 10.0. The highest BCUT2D eigenvalue weighted by molar-refractivity contribution is 7.10. The fourth-order valence-electron chi connectivity index (χ4n) is 3.14. The second-order valence-corrected chi connectivity index (χ2v) is 7.32. The first-order valence-electron chi connectivity index (χ1n) is 8.90. The van der Waals surface area contributed by atoms with Gasteiger partial charge in [0.15, 0.2) is 11.5 Å². The molecule has 2 heterocycles. The van der Waals surface area contributed by atoms with E-state index in [0.717, 1.165) is 16.2 Å². The zero-order valence-corrected chi connectivity index (χ0v) is 16.6. The van der Waals surface area contributed by atoms with Crippen LogP contribution in [0.25, 0.3) is 0 Å². The largest absolute Gasteiger partial charge is 0.493 e. The molecule has 0 radical (unpaired) electrons. The van der Waals surface area contributed by atoms with Gasteiger partial charge < -0.3 is 14.6 Å². The van der Waals surface area contributed by atoms with Crippen molar-refractivity contribution in [3.8, 4) is 11.5 Å². The van der Waals surface area contributed by atoms with Gasteiger partial charge in [0.1, 0.15) is 0 Å². The molecule has 8 heteroatoms. The van der Waals surface area contributed by atoms with E-state index in [-0.39, 0.29) is 24.8 Å². The maximum absolute atomic E-state index is 12.7. The summed E-state index contributed by atoms with van der Waals surface area (Å²) in [5.41, 5.74) is 1.64. The van der Waals surface area contributed by atoms with Crippen molar-refractivity contribution in [3.63, 3.8) is 0 Å². The number of nitrogens with zero attached hydrogens (tertiary/aromatic N) is 2. The van der Waals surface area contributed by atoms with Crippen LogP contribution in [0.4, 0.5) is 0 Å². The molecule has 1 N–H and O–H groups in total. The number of aliphatic carboxylic acids is 1. The number of hydrogen-bond acceptors (Lipinski definition) is 6. The summed E-state index contributed by atoms with van der Waals surface area (Å²) in [7, 11) is 3.15. The van der Waals surface area contributed by atoms with E-state index in [0.29, 0.717) is 24.3 Å². The third kappa shape index (κ3) is 4.33. The molecule has 1 aliphatic heterocycles. The monoisotopic (exact) mass is 402 g/mol. The molecule has 1 amide bonds. The molecular weight excluding hydrogens is 380 g/mol. The Morgan fingerprint density at radius 2 is 2.00 bits per heavy atom. The molecule has 28 heavy (non-hydrogen) atoms. The third-order valence-corrected chi connectivity index (χ3v) is 5.51. The topological polar surface area (TPSA) is 88.4 Å². The molecule has 0 saturated heterocycles. The van der Waals surface area contributed by atoms with Crippen molar-refractivity contribution in [1.82, 2.24) is 5.01 Å². The smallest absolute Gasteiger partial charge is 0.303 e. The van der Waals surface area contributed by atoms with Crippen LogP contribution in [0.2, 0.25) is 0 Å². The van der Waals surface area contributed by atoms with Gasteiger partial charge in [-0.15, -0.1) is 11.3 Å². The van der Waals surface area contributed by atoms with Gasteiger partial charge in [-0.2, -0.15) is 5.10 Å². The number of thiophene rings is 1. The van der Waals surface area contributed by atoms with Gasteiger partial charge in [-0.05, 0) is 36.1 Å². The van der Waals surface area contributed by atoms with Crippen LogP contribution in [0.1, 0.15) is 42.2 Å². The molecule has 2 aromatic rings. The summed E-state index contributed by atoms with van der Waals surface area (Å²) in [5, 5.41) is 16.9. The minimum atomic E-state index is -0.904. The Kier molecular flexibility index (Phi) is 6.30. The molecule has 1 aromatic heterocycles. The van der Waals surface area contributed by atoms with E-state index >= 15 is 0 Å². The van der Waals surface area contributed by atoms with Crippen LogP contribution in [0.15, 0.2) is 40.8 Å². The first-order chi connectivity index (χ1) is 13.5. The number of ether oxygens (including phenoxy) is 2. The van der Waals surface area contributed by atoms with Gasteiger partial charge in [-0.1, -0.05) is 6.07 Å². The Hall–Kier alpha value is -2.87. The quantitative estimate of drug-likeness (QED) is 0.727. The van der Waals surface area contributed by atoms with Gasteiger partial charge in [0, 0.05) is 29.7 Å². The number of amides is 1. The summed E-state index contributed by atoms with van der Waals surface area (Å²) in [5.74, 6) is 0.150. The minimum absolute atomic E-state index is 0.0322. The summed E-state index contributed by atoms with van der Waals surface area (Å²) in [6.07, 6.45) is 0.996. The lowest BCUT2D eigenvalue weighted by Gasteiger charge is -2.20. The molecule has 0 fully saturated rings. The van der Waals surface area contributed by atoms with Crippen molar-refractivity contribution in [2.24, 2.45) is 5.10 Å². The van der Waals surface area contributed by atoms with Gasteiger partial charge in [0.05, 0.1) is 26.0 Å². The Bertz CT molecular complexity index is 879. The molecule has 1 atom stereocenters. The number of carboxylic acids is 1. The molecule has 1 aliphatic rings. The summed E-state index contributed by atoms with van der Waals surface area (Å²) in [4.78, 5) is 24.5. The normalized spacial score (nSPS) is 16.0. The molecule has 0 bridgehead atoms. The highest BCUT2D eigenvalue weighted by atomic mass is 32.1. The molecule has 0 unspecified atom stereocenters. The Morgan fingerprint density at radius 1 is 1.21 bits per heavy atom. The minimum Gasteiger partial charge on any atom is -0.493 e. The molecule has 1 aromatic carbocycles. The van der Waals surface area contributed by atoms with E-state index in [2.05, 4.69) is 5.10 Å². The second-order valence-electron chi connectivity index (χ2n) is 6.34. The lowest BCUT2D eigenvalue weighted by Crippen LogP contribution is -2.26. The van der Waals surface area contributed by atoms with Crippen LogP contribution < -0.4 is 9.47 Å². The van der Waals surface area contributed by atoms with E-state index in [1.54, 1.807) is 25.6 Å². The van der Waals surface area contributed by atoms with E-state index in [1.165, 1.54) is 5.01 Å². The predicted molar refractivity (Wildman–Crippen MR) is 106 cm³/mol. The fourth-order valence-corrected chi connectivity index (χ4v) is 3.95. The van der Waals surface area contributed by atoms with Crippen LogP contribution in [0, 0.1) is 0 Å². The van der Waals surface area contributed by atoms with Crippen LogP contribution in [0.3, 0.4) is 0 Å². The number of carbonyl (C=O) groups is 2. The Balaban J connectivity index is 1.86. The summed E-state index contributed by atoms with van der Waals surface area (Å²) < 4.78 is 10.7. The zero-order valence-electron chi connectivity index (χ0n) is 15.8. The van der Waals surface area contributed by atoms with Gasteiger partial charge in [0.2, 0.25) is 5.91 Å². The number of benzene rings is 1. The molecule has 0 aliphatic carbocycles. The van der Waals surface area contributed by atoms with E-state index in [9.17, 15) is 9.59 Å². The van der Waals surface area contributed by atoms with Gasteiger partial charge in [-0.25, -0.2) is 5.01 Å². The molecule has 7 nitrogen and oxygen atoms in total. The summed E-state index contributed by atoms with van der Waals surface area (Å²) >= 11 is 1.58. The fraction of sp³-hybridized carbons (Fsp3) is 0.350. The summed E-state index contributed by atoms with van der Waals surface area (Å²) in [6, 6.07) is 9.31. The van der Waals surface area contributed by atoms with Crippen molar-refractivity contribution in [1.29, 1.82) is 0 Å². The van der Waals surface area contributed by atoms with Crippen molar-refractivity contribution in [2.45, 2.75) is 31.7 Å². The zero-order chi connectivity index (χ0) is 20.1. The van der Waals surface area contributed by atoms with E-state index < -0.39 is 5.97 Å². The van der Waals surface area contributed by atoms with Crippen LogP contribution >= 0.6 is 11.3 Å². The molecule has 148 valence electrons. The SMILES string of the molecule is COc1ccc(C2=NN(C(=O)CCCC(=O)O)[C@H](c3cccs3)C2)cc1OC. The van der Waals surface area contributed by atoms with E-state index in [4.69, 9.17) is 14.6 Å². The maximum atomic E-state index is 12.7. The number of carboxylic acid groups (broad SMARTS) is 1. The first-order valence-corrected chi connectivity index (χ1v) is 9.78. The molecule has 0 saturated carbocycles.